The van der Waals surface area contributed by atoms with Crippen molar-refractivity contribution in [3.63, 3.8) is 0 Å². The lowest BCUT2D eigenvalue weighted by Gasteiger charge is -2.19. The van der Waals surface area contributed by atoms with E-state index in [1.54, 1.807) is 0 Å². The molecule has 1 heterocycles. The third-order valence-electron chi connectivity index (χ3n) is 2.67. The summed E-state index contributed by atoms with van der Waals surface area (Å²) in [6.45, 7) is 0.986. The molecule has 1 rings (SSSR count). The second-order valence-corrected chi connectivity index (χ2v) is 4.03. The standard InChI is InChI=1S/C10H18N2O5/c1-17-8(4-9(14)15)5-11-10(16)12-3-2-7(13)6-12/h7-8,13H,2-6H2,1H3,(H,11,16)(H,14,15). The number of carboxylic acid groups (broad SMARTS) is 1. The normalized spacial score (nSPS) is 21.3. The van der Waals surface area contributed by atoms with Gasteiger partial charge in [0.1, 0.15) is 0 Å². The molecule has 2 unspecified atom stereocenters. The second-order valence-electron chi connectivity index (χ2n) is 4.03. The van der Waals surface area contributed by atoms with E-state index >= 15 is 0 Å². The molecule has 1 aliphatic rings. The number of carbonyl (C=O) groups excluding carboxylic acids is 1. The minimum Gasteiger partial charge on any atom is -0.481 e. The van der Waals surface area contributed by atoms with Crippen molar-refractivity contribution < 1.29 is 24.5 Å². The maximum atomic E-state index is 11.6. The highest BCUT2D eigenvalue weighted by atomic mass is 16.5. The molecule has 7 heteroatoms. The van der Waals surface area contributed by atoms with Crippen molar-refractivity contribution in [2.75, 3.05) is 26.7 Å². The van der Waals surface area contributed by atoms with Crippen LogP contribution in [0.5, 0.6) is 0 Å². The van der Waals surface area contributed by atoms with E-state index in [2.05, 4.69) is 5.32 Å². The first kappa shape index (κ1) is 13.7. The number of aliphatic hydroxyl groups is 1. The first-order valence-electron chi connectivity index (χ1n) is 5.48. The molecular weight excluding hydrogens is 228 g/mol. The van der Waals surface area contributed by atoms with Crippen LogP contribution in [0.3, 0.4) is 0 Å². The Bertz CT molecular complexity index is 284. The first-order valence-corrected chi connectivity index (χ1v) is 5.48. The Labute approximate surface area is 99.4 Å². The van der Waals surface area contributed by atoms with E-state index in [1.165, 1.54) is 12.0 Å². The smallest absolute Gasteiger partial charge is 0.317 e. The third-order valence-corrected chi connectivity index (χ3v) is 2.67. The van der Waals surface area contributed by atoms with Gasteiger partial charge in [-0.25, -0.2) is 4.79 Å². The van der Waals surface area contributed by atoms with Crippen molar-refractivity contribution in [3.05, 3.63) is 0 Å². The minimum atomic E-state index is -0.970. The highest BCUT2D eigenvalue weighted by Crippen LogP contribution is 2.08. The molecule has 1 fully saturated rings. The Hall–Kier alpha value is -1.34. The molecule has 0 bridgehead atoms. The molecule has 0 aliphatic carbocycles. The molecule has 17 heavy (non-hydrogen) atoms. The molecule has 1 aliphatic heterocycles. The van der Waals surface area contributed by atoms with Gasteiger partial charge in [0.2, 0.25) is 0 Å². The third kappa shape index (κ3) is 4.58. The van der Waals surface area contributed by atoms with Crippen LogP contribution in [0.2, 0.25) is 0 Å². The van der Waals surface area contributed by atoms with Gasteiger partial charge in [-0.3, -0.25) is 4.79 Å². The summed E-state index contributed by atoms with van der Waals surface area (Å²) < 4.78 is 4.93. The number of rotatable bonds is 5. The molecule has 0 aromatic carbocycles. The van der Waals surface area contributed by atoms with Crippen LogP contribution >= 0.6 is 0 Å². The molecule has 3 N–H and O–H groups in total. The number of hydrogen-bond acceptors (Lipinski definition) is 4. The van der Waals surface area contributed by atoms with Crippen LogP contribution < -0.4 is 5.32 Å². The van der Waals surface area contributed by atoms with Gasteiger partial charge in [0, 0.05) is 26.7 Å². The van der Waals surface area contributed by atoms with Crippen molar-refractivity contribution in [1.29, 1.82) is 0 Å². The van der Waals surface area contributed by atoms with Gasteiger partial charge >= 0.3 is 12.0 Å². The summed E-state index contributed by atoms with van der Waals surface area (Å²) in [4.78, 5) is 23.6. The zero-order chi connectivity index (χ0) is 12.8. The number of hydrogen-bond donors (Lipinski definition) is 3. The van der Waals surface area contributed by atoms with Crippen LogP contribution in [0.15, 0.2) is 0 Å². The fourth-order valence-corrected chi connectivity index (χ4v) is 1.67. The fourth-order valence-electron chi connectivity index (χ4n) is 1.67. The highest BCUT2D eigenvalue weighted by Gasteiger charge is 2.25. The van der Waals surface area contributed by atoms with Gasteiger partial charge in [-0.05, 0) is 6.42 Å². The van der Waals surface area contributed by atoms with Crippen molar-refractivity contribution in [2.24, 2.45) is 0 Å². The van der Waals surface area contributed by atoms with Crippen LogP contribution in [0.1, 0.15) is 12.8 Å². The number of ether oxygens (including phenoxy) is 1. The van der Waals surface area contributed by atoms with E-state index in [1.807, 2.05) is 0 Å². The summed E-state index contributed by atoms with van der Waals surface area (Å²) in [5.41, 5.74) is 0. The van der Waals surface area contributed by atoms with E-state index in [-0.39, 0.29) is 19.0 Å². The number of aliphatic carboxylic acids is 1. The number of likely N-dealkylation sites (tertiary alicyclic amines) is 1. The summed E-state index contributed by atoms with van der Waals surface area (Å²) in [6, 6.07) is -0.297. The summed E-state index contributed by atoms with van der Waals surface area (Å²) in [6.07, 6.45) is -0.572. The van der Waals surface area contributed by atoms with Gasteiger partial charge in [0.15, 0.2) is 0 Å². The summed E-state index contributed by atoms with van der Waals surface area (Å²) in [5.74, 6) is -0.970. The van der Waals surface area contributed by atoms with E-state index in [0.29, 0.717) is 19.5 Å². The Morgan fingerprint density at radius 2 is 2.29 bits per heavy atom. The largest absolute Gasteiger partial charge is 0.481 e. The zero-order valence-corrected chi connectivity index (χ0v) is 9.76. The molecule has 7 nitrogen and oxygen atoms in total. The molecule has 2 atom stereocenters. The number of nitrogens with one attached hydrogen (secondary N) is 1. The second kappa shape index (κ2) is 6.41. The minimum absolute atomic E-state index is 0.147. The number of nitrogens with zero attached hydrogens (tertiary/aromatic N) is 1. The van der Waals surface area contributed by atoms with Crippen molar-refractivity contribution in [3.8, 4) is 0 Å². The Balaban J connectivity index is 2.28. The number of carbonyl (C=O) groups is 2. The first-order chi connectivity index (χ1) is 8.02. The van der Waals surface area contributed by atoms with Crippen LogP contribution in [0, 0.1) is 0 Å². The quantitative estimate of drug-likeness (QED) is 0.593. The predicted octanol–water partition coefficient (Wildman–Crippen LogP) is -0.748. The van der Waals surface area contributed by atoms with Crippen LogP contribution in [0.4, 0.5) is 4.79 Å². The van der Waals surface area contributed by atoms with Gasteiger partial charge in [0.05, 0.1) is 18.6 Å². The number of amides is 2. The maximum absolute atomic E-state index is 11.6. The number of carboxylic acids is 1. The van der Waals surface area contributed by atoms with Crippen molar-refractivity contribution in [1.82, 2.24) is 10.2 Å². The van der Waals surface area contributed by atoms with Crippen molar-refractivity contribution in [2.45, 2.75) is 25.0 Å². The van der Waals surface area contributed by atoms with Gasteiger partial charge in [0.25, 0.3) is 0 Å². The monoisotopic (exact) mass is 246 g/mol. The van der Waals surface area contributed by atoms with Gasteiger partial charge in [-0.15, -0.1) is 0 Å². The molecule has 0 aromatic rings. The topological polar surface area (TPSA) is 99.1 Å². The average Bonchev–Trinajstić information content (AvgIpc) is 2.70. The molecule has 98 valence electrons. The maximum Gasteiger partial charge on any atom is 0.317 e. The Morgan fingerprint density at radius 1 is 1.59 bits per heavy atom. The number of aliphatic hydroxyl groups excluding tert-OH is 1. The van der Waals surface area contributed by atoms with Gasteiger partial charge in [-0.1, -0.05) is 0 Å². The lowest BCUT2D eigenvalue weighted by atomic mass is 10.2. The summed E-state index contributed by atoms with van der Waals surface area (Å²) >= 11 is 0. The highest BCUT2D eigenvalue weighted by molar-refractivity contribution is 5.74. The number of β-amino-alcohol motifs (C(OH)–C–C–N with tert-alkyl or cyclic N) is 1. The SMILES string of the molecule is COC(CNC(=O)N1CCC(O)C1)CC(=O)O. The molecule has 0 saturated carbocycles. The average molecular weight is 246 g/mol. The predicted molar refractivity (Wildman–Crippen MR) is 58.6 cm³/mol. The zero-order valence-electron chi connectivity index (χ0n) is 9.76. The fraction of sp³-hybridized carbons (Fsp3) is 0.800. The van der Waals surface area contributed by atoms with Gasteiger partial charge in [-0.2, -0.15) is 0 Å². The van der Waals surface area contributed by atoms with Gasteiger partial charge < -0.3 is 25.2 Å². The van der Waals surface area contributed by atoms with E-state index in [9.17, 15) is 14.7 Å². The molecule has 1 saturated heterocycles. The Kier molecular flexibility index (Phi) is 5.17. The molecule has 0 aromatic heterocycles. The Morgan fingerprint density at radius 3 is 2.76 bits per heavy atom. The number of urea groups is 1. The van der Waals surface area contributed by atoms with E-state index < -0.39 is 18.2 Å². The molecular formula is C10H18N2O5. The van der Waals surface area contributed by atoms with E-state index in [0.717, 1.165) is 0 Å². The summed E-state index contributed by atoms with van der Waals surface area (Å²) in [7, 11) is 1.40. The van der Waals surface area contributed by atoms with E-state index in [4.69, 9.17) is 9.84 Å². The molecule has 2 amide bonds. The lowest BCUT2D eigenvalue weighted by molar-refractivity contribution is -0.139. The summed E-state index contributed by atoms with van der Waals surface area (Å²) in [5, 5.41) is 20.4. The lowest BCUT2D eigenvalue weighted by Crippen LogP contribution is -2.42. The van der Waals surface area contributed by atoms with Crippen LogP contribution in [-0.4, -0.2) is 66.1 Å². The van der Waals surface area contributed by atoms with Crippen molar-refractivity contribution >= 4 is 12.0 Å². The molecule has 0 spiro atoms. The number of methoxy groups -OCH3 is 1. The van der Waals surface area contributed by atoms with Crippen LogP contribution in [0.25, 0.3) is 0 Å². The van der Waals surface area contributed by atoms with Crippen LogP contribution in [-0.2, 0) is 9.53 Å². The molecule has 0 radical (unpaired) electrons.